The van der Waals surface area contributed by atoms with Crippen LogP contribution in [0.5, 0.6) is 0 Å². The van der Waals surface area contributed by atoms with Gasteiger partial charge in [-0.3, -0.25) is 9.78 Å². The minimum absolute atomic E-state index is 0.329. The van der Waals surface area contributed by atoms with Crippen LogP contribution in [-0.4, -0.2) is 15.9 Å². The lowest BCUT2D eigenvalue weighted by molar-refractivity contribution is -0.137. The van der Waals surface area contributed by atoms with Gasteiger partial charge in [0.15, 0.2) is 0 Å². The van der Waals surface area contributed by atoms with Gasteiger partial charge >= 0.3 is 6.18 Å². The monoisotopic (exact) mass is 359 g/mol. The van der Waals surface area contributed by atoms with Crippen molar-refractivity contribution in [3.05, 3.63) is 65.5 Å². The Morgan fingerprint density at radius 2 is 1.81 bits per heavy atom. The second-order valence-electron chi connectivity index (χ2n) is 5.76. The highest BCUT2D eigenvalue weighted by Gasteiger charge is 2.30. The first-order chi connectivity index (χ1) is 12.3. The number of nitrogens with two attached hydrogens (primary N) is 1. The van der Waals surface area contributed by atoms with E-state index in [4.69, 9.17) is 5.73 Å². The minimum Gasteiger partial charge on any atom is -0.366 e. The number of aromatic amines is 1. The number of benzene rings is 1. The molecule has 26 heavy (non-hydrogen) atoms. The molecule has 7 heteroatoms. The van der Waals surface area contributed by atoms with Gasteiger partial charge in [0.25, 0.3) is 5.91 Å². The molecule has 0 atom stereocenters. The van der Waals surface area contributed by atoms with Crippen LogP contribution >= 0.6 is 0 Å². The summed E-state index contributed by atoms with van der Waals surface area (Å²) >= 11 is 0. The number of alkyl halides is 3. The third-order valence-electron chi connectivity index (χ3n) is 4.15. The largest absolute Gasteiger partial charge is 0.416 e. The predicted molar refractivity (Wildman–Crippen MR) is 92.4 cm³/mol. The van der Waals surface area contributed by atoms with Crippen LogP contribution in [0.15, 0.2) is 48.8 Å². The fourth-order valence-electron chi connectivity index (χ4n) is 2.96. The third kappa shape index (κ3) is 3.20. The van der Waals surface area contributed by atoms with E-state index in [-0.39, 0.29) is 0 Å². The zero-order valence-corrected chi connectivity index (χ0v) is 13.9. The molecule has 2 heterocycles. The van der Waals surface area contributed by atoms with Crippen LogP contribution < -0.4 is 5.73 Å². The average molecular weight is 359 g/mol. The summed E-state index contributed by atoms with van der Waals surface area (Å²) in [6.07, 6.45) is -0.714. The molecular weight excluding hydrogens is 343 g/mol. The van der Waals surface area contributed by atoms with Crippen LogP contribution in [-0.2, 0) is 12.6 Å². The first kappa shape index (κ1) is 17.7. The molecule has 0 bridgehead atoms. The fraction of sp³-hybridized carbons (Fsp3) is 0.158. The molecule has 3 rings (SSSR count). The van der Waals surface area contributed by atoms with Crippen molar-refractivity contribution in [2.75, 3.05) is 0 Å². The molecule has 2 aromatic heterocycles. The summed E-state index contributed by atoms with van der Waals surface area (Å²) in [4.78, 5) is 19.2. The number of amides is 1. The molecule has 0 fully saturated rings. The van der Waals surface area contributed by atoms with Crippen molar-refractivity contribution in [1.29, 1.82) is 0 Å². The Morgan fingerprint density at radius 3 is 2.31 bits per heavy atom. The molecule has 1 amide bonds. The molecule has 0 saturated carbocycles. The van der Waals surface area contributed by atoms with E-state index in [2.05, 4.69) is 9.97 Å². The number of hydrogen-bond acceptors (Lipinski definition) is 2. The molecule has 0 unspecified atom stereocenters. The quantitative estimate of drug-likeness (QED) is 0.724. The van der Waals surface area contributed by atoms with Crippen molar-refractivity contribution in [3.8, 4) is 22.5 Å². The van der Waals surface area contributed by atoms with Crippen LogP contribution in [0, 0.1) is 0 Å². The van der Waals surface area contributed by atoms with E-state index in [1.54, 1.807) is 24.5 Å². The van der Waals surface area contributed by atoms with Gasteiger partial charge in [0, 0.05) is 23.7 Å². The molecule has 0 aliphatic carbocycles. The van der Waals surface area contributed by atoms with Gasteiger partial charge in [-0.15, -0.1) is 0 Å². The van der Waals surface area contributed by atoms with Crippen molar-refractivity contribution in [2.45, 2.75) is 19.5 Å². The zero-order valence-electron chi connectivity index (χ0n) is 13.9. The van der Waals surface area contributed by atoms with Gasteiger partial charge in [0.05, 0.1) is 16.8 Å². The predicted octanol–water partition coefficient (Wildman–Crippen LogP) is 4.42. The fourth-order valence-corrected chi connectivity index (χ4v) is 2.96. The number of aromatic nitrogens is 2. The van der Waals surface area contributed by atoms with Crippen LogP contribution in [0.2, 0.25) is 0 Å². The van der Waals surface area contributed by atoms with Crippen LogP contribution in [0.4, 0.5) is 13.2 Å². The van der Waals surface area contributed by atoms with Crippen molar-refractivity contribution < 1.29 is 18.0 Å². The van der Waals surface area contributed by atoms with Crippen LogP contribution in [0.3, 0.4) is 0 Å². The van der Waals surface area contributed by atoms with E-state index in [1.165, 1.54) is 12.1 Å². The van der Waals surface area contributed by atoms with Gasteiger partial charge < -0.3 is 10.7 Å². The maximum Gasteiger partial charge on any atom is 0.416 e. The lowest BCUT2D eigenvalue weighted by atomic mass is 9.99. The molecule has 0 aliphatic rings. The van der Waals surface area contributed by atoms with Gasteiger partial charge in [-0.2, -0.15) is 13.2 Å². The molecule has 0 saturated heterocycles. The Morgan fingerprint density at radius 1 is 1.12 bits per heavy atom. The van der Waals surface area contributed by atoms with E-state index in [9.17, 15) is 18.0 Å². The first-order valence-corrected chi connectivity index (χ1v) is 7.95. The van der Waals surface area contributed by atoms with E-state index >= 15 is 0 Å². The summed E-state index contributed by atoms with van der Waals surface area (Å²) < 4.78 is 38.4. The SMILES string of the molecule is CCc1c(-c2ccc(C(F)(F)F)cc2)[nH]c(-c2cccnc2)c1C(N)=O. The van der Waals surface area contributed by atoms with Gasteiger partial charge in [0.1, 0.15) is 0 Å². The normalized spacial score (nSPS) is 11.5. The van der Waals surface area contributed by atoms with E-state index in [0.29, 0.717) is 40.1 Å². The Hall–Kier alpha value is -3.09. The van der Waals surface area contributed by atoms with Crippen LogP contribution in [0.25, 0.3) is 22.5 Å². The smallest absolute Gasteiger partial charge is 0.366 e. The van der Waals surface area contributed by atoms with Crippen LogP contribution in [0.1, 0.15) is 28.4 Å². The number of pyridine rings is 1. The van der Waals surface area contributed by atoms with Gasteiger partial charge in [-0.05, 0) is 41.8 Å². The molecule has 3 aromatic rings. The Bertz CT molecular complexity index is 929. The van der Waals surface area contributed by atoms with E-state index in [1.807, 2.05) is 6.92 Å². The third-order valence-corrected chi connectivity index (χ3v) is 4.15. The molecule has 0 aliphatic heterocycles. The topological polar surface area (TPSA) is 71.8 Å². The molecule has 134 valence electrons. The number of nitrogens with one attached hydrogen (secondary N) is 1. The zero-order chi connectivity index (χ0) is 18.9. The number of rotatable bonds is 4. The lowest BCUT2D eigenvalue weighted by Crippen LogP contribution is -2.13. The number of hydrogen-bond donors (Lipinski definition) is 2. The molecule has 1 aromatic carbocycles. The summed E-state index contributed by atoms with van der Waals surface area (Å²) in [5, 5.41) is 0. The van der Waals surface area contributed by atoms with Crippen molar-refractivity contribution >= 4 is 5.91 Å². The van der Waals surface area contributed by atoms with Gasteiger partial charge in [0.2, 0.25) is 0 Å². The second kappa shape index (κ2) is 6.67. The number of H-pyrrole nitrogens is 1. The van der Waals surface area contributed by atoms with E-state index in [0.717, 1.165) is 12.1 Å². The lowest BCUT2D eigenvalue weighted by Gasteiger charge is -2.08. The average Bonchev–Trinajstić information content (AvgIpc) is 3.01. The van der Waals surface area contributed by atoms with E-state index < -0.39 is 17.6 Å². The van der Waals surface area contributed by atoms with Crippen molar-refractivity contribution in [3.63, 3.8) is 0 Å². The summed E-state index contributed by atoms with van der Waals surface area (Å²) in [6.45, 7) is 1.86. The number of primary amides is 1. The first-order valence-electron chi connectivity index (χ1n) is 7.95. The highest BCUT2D eigenvalue weighted by molar-refractivity contribution is 6.02. The Balaban J connectivity index is 2.18. The van der Waals surface area contributed by atoms with Crippen molar-refractivity contribution in [2.24, 2.45) is 5.73 Å². The maximum absolute atomic E-state index is 12.8. The standard InChI is InChI=1S/C19H16F3N3O/c1-2-14-15(18(23)26)17(12-4-3-9-24-10-12)25-16(14)11-5-7-13(8-6-11)19(20,21)22/h3-10,25H,2H2,1H3,(H2,23,26). The minimum atomic E-state index is -4.40. The van der Waals surface area contributed by atoms with Gasteiger partial charge in [-0.25, -0.2) is 0 Å². The summed E-state index contributed by atoms with van der Waals surface area (Å²) in [6, 6.07) is 8.30. The summed E-state index contributed by atoms with van der Waals surface area (Å²) in [5.41, 5.74) is 8.15. The Labute approximate surface area is 147 Å². The summed E-state index contributed by atoms with van der Waals surface area (Å²) in [5.74, 6) is -0.602. The number of carbonyl (C=O) groups excluding carboxylic acids is 1. The Kier molecular flexibility index (Phi) is 4.54. The van der Waals surface area contributed by atoms with Gasteiger partial charge in [-0.1, -0.05) is 19.1 Å². The number of carbonyl (C=O) groups is 1. The number of nitrogens with zero attached hydrogens (tertiary/aromatic N) is 1. The molecule has 4 nitrogen and oxygen atoms in total. The van der Waals surface area contributed by atoms with Crippen molar-refractivity contribution in [1.82, 2.24) is 9.97 Å². The second-order valence-corrected chi connectivity index (χ2v) is 5.76. The molecular formula is C19H16F3N3O. The highest BCUT2D eigenvalue weighted by Crippen LogP contribution is 2.35. The maximum atomic E-state index is 12.8. The summed E-state index contributed by atoms with van der Waals surface area (Å²) in [7, 11) is 0. The molecule has 0 radical (unpaired) electrons. The highest BCUT2D eigenvalue weighted by atomic mass is 19.4. The number of halogens is 3. The molecule has 0 spiro atoms. The molecule has 3 N–H and O–H groups in total.